The number of piperidine rings is 1. The molecule has 3 aliphatic heterocycles. The number of halogens is 1. The number of carbonyl (C=O) groups excluding carboxylic acids is 4. The first-order valence-corrected chi connectivity index (χ1v) is 22.0. The quantitative estimate of drug-likeness (QED) is 0.108. The molecule has 304 valence electrons. The van der Waals surface area contributed by atoms with Crippen LogP contribution in [-0.2, 0) is 27.3 Å². The van der Waals surface area contributed by atoms with Gasteiger partial charge in [-0.2, -0.15) is 0 Å². The van der Waals surface area contributed by atoms with Crippen LogP contribution in [0.4, 0.5) is 5.82 Å². The maximum absolute atomic E-state index is 14.1. The number of aromatic nitrogens is 2. The fourth-order valence-electron chi connectivity index (χ4n) is 9.73. The highest BCUT2D eigenvalue weighted by Gasteiger charge is 2.40. The molecule has 0 bridgehead atoms. The van der Waals surface area contributed by atoms with Gasteiger partial charge in [-0.15, -0.1) is 0 Å². The lowest BCUT2D eigenvalue weighted by atomic mass is 9.91. The molecule has 2 fully saturated rings. The topological polar surface area (TPSA) is 116 Å². The second-order valence-electron chi connectivity index (χ2n) is 16.9. The SMILES string of the molecule is C[C@@H]1C[C@@H](C)c2c1ncnc2N1CCN(C(=O)[C@H](CCCCCCCCCCCCc2cccc3c2CN(C2CCC(=O)NC2=O)C3=O)c2ccc(Cl)cc2)CC1. The number of carbonyl (C=O) groups is 4. The number of anilines is 1. The monoisotopic (exact) mass is 794 g/mol. The zero-order valence-corrected chi connectivity index (χ0v) is 34.6. The zero-order chi connectivity index (χ0) is 39.9. The normalized spacial score (nSPS) is 21.1. The Morgan fingerprint density at radius 1 is 0.842 bits per heavy atom. The predicted octanol–water partition coefficient (Wildman–Crippen LogP) is 8.47. The van der Waals surface area contributed by atoms with Gasteiger partial charge in [0.25, 0.3) is 5.91 Å². The Hall–Kier alpha value is -4.31. The molecule has 3 aromatic rings. The van der Waals surface area contributed by atoms with E-state index in [0.717, 1.165) is 75.0 Å². The summed E-state index contributed by atoms with van der Waals surface area (Å²) in [5.41, 5.74) is 6.49. The van der Waals surface area contributed by atoms with Gasteiger partial charge >= 0.3 is 0 Å². The van der Waals surface area contributed by atoms with Gasteiger partial charge in [0.05, 0.1) is 11.6 Å². The van der Waals surface area contributed by atoms with E-state index in [4.69, 9.17) is 16.6 Å². The summed E-state index contributed by atoms with van der Waals surface area (Å²) in [6.45, 7) is 7.95. The summed E-state index contributed by atoms with van der Waals surface area (Å²) in [6, 6.07) is 13.2. The third kappa shape index (κ3) is 9.54. The number of hydrogen-bond acceptors (Lipinski definition) is 7. The van der Waals surface area contributed by atoms with Crippen LogP contribution >= 0.6 is 11.6 Å². The lowest BCUT2D eigenvalue weighted by Gasteiger charge is -2.38. The molecule has 2 saturated heterocycles. The van der Waals surface area contributed by atoms with E-state index in [1.54, 1.807) is 11.2 Å². The van der Waals surface area contributed by atoms with E-state index in [9.17, 15) is 19.2 Å². The first kappa shape index (κ1) is 40.9. The summed E-state index contributed by atoms with van der Waals surface area (Å²) in [5.74, 6) is 1.32. The van der Waals surface area contributed by atoms with Crippen LogP contribution in [0.1, 0.15) is 160 Å². The molecular weight excluding hydrogens is 736 g/mol. The summed E-state index contributed by atoms with van der Waals surface area (Å²) < 4.78 is 0. The number of rotatable bonds is 17. The molecule has 1 unspecified atom stereocenters. The fourth-order valence-corrected chi connectivity index (χ4v) is 9.85. The van der Waals surface area contributed by atoms with Crippen LogP contribution in [0.3, 0.4) is 0 Å². The van der Waals surface area contributed by atoms with Crippen molar-refractivity contribution in [2.24, 2.45) is 0 Å². The van der Waals surface area contributed by atoms with Crippen LogP contribution in [0, 0.1) is 0 Å². The number of imide groups is 1. The highest BCUT2D eigenvalue weighted by molar-refractivity contribution is 6.30. The van der Waals surface area contributed by atoms with E-state index in [0.29, 0.717) is 48.5 Å². The van der Waals surface area contributed by atoms with E-state index in [-0.39, 0.29) is 36.0 Å². The van der Waals surface area contributed by atoms with Crippen molar-refractivity contribution in [2.45, 2.75) is 141 Å². The lowest BCUT2D eigenvalue weighted by Crippen LogP contribution is -2.52. The van der Waals surface area contributed by atoms with Crippen molar-refractivity contribution >= 4 is 41.0 Å². The maximum Gasteiger partial charge on any atom is 0.255 e. The molecule has 0 radical (unpaired) electrons. The molecule has 1 aliphatic carbocycles. The van der Waals surface area contributed by atoms with Gasteiger partial charge in [0.15, 0.2) is 0 Å². The van der Waals surface area contributed by atoms with Crippen molar-refractivity contribution in [3.05, 3.63) is 87.3 Å². The van der Waals surface area contributed by atoms with Gasteiger partial charge < -0.3 is 14.7 Å². The molecule has 1 aromatic heterocycles. The zero-order valence-electron chi connectivity index (χ0n) is 33.8. The summed E-state index contributed by atoms with van der Waals surface area (Å²) >= 11 is 6.24. The van der Waals surface area contributed by atoms with Crippen LogP contribution in [0.25, 0.3) is 0 Å². The number of aryl methyl sites for hydroxylation is 1. The van der Waals surface area contributed by atoms with Crippen LogP contribution in [-0.4, -0.2) is 75.6 Å². The maximum atomic E-state index is 14.1. The molecule has 10 nitrogen and oxygen atoms in total. The smallest absolute Gasteiger partial charge is 0.255 e. The Morgan fingerprint density at radius 2 is 1.53 bits per heavy atom. The first-order chi connectivity index (χ1) is 27.7. The Bertz CT molecular complexity index is 1910. The van der Waals surface area contributed by atoms with Gasteiger partial charge in [0.1, 0.15) is 18.2 Å². The highest BCUT2D eigenvalue weighted by atomic mass is 35.5. The lowest BCUT2D eigenvalue weighted by molar-refractivity contribution is -0.137. The Labute approximate surface area is 343 Å². The van der Waals surface area contributed by atoms with Crippen molar-refractivity contribution in [3.63, 3.8) is 0 Å². The summed E-state index contributed by atoms with van der Waals surface area (Å²) in [6.07, 6.45) is 17.0. The van der Waals surface area contributed by atoms with Gasteiger partial charge in [0, 0.05) is 55.3 Å². The van der Waals surface area contributed by atoms with Crippen molar-refractivity contribution in [1.29, 1.82) is 0 Å². The average Bonchev–Trinajstić information content (AvgIpc) is 3.71. The van der Waals surface area contributed by atoms with E-state index in [1.165, 1.54) is 55.3 Å². The van der Waals surface area contributed by atoms with Gasteiger partial charge in [-0.3, -0.25) is 24.5 Å². The second kappa shape index (κ2) is 19.0. The molecule has 7 rings (SSSR count). The molecule has 0 saturated carbocycles. The average molecular weight is 795 g/mol. The van der Waals surface area contributed by atoms with Gasteiger partial charge in [0.2, 0.25) is 17.7 Å². The third-order valence-corrected chi connectivity index (χ3v) is 13.1. The van der Waals surface area contributed by atoms with Crippen LogP contribution in [0.5, 0.6) is 0 Å². The summed E-state index contributed by atoms with van der Waals surface area (Å²) in [7, 11) is 0. The number of benzene rings is 2. The summed E-state index contributed by atoms with van der Waals surface area (Å²) in [4.78, 5) is 66.7. The molecule has 11 heteroatoms. The third-order valence-electron chi connectivity index (χ3n) is 12.9. The van der Waals surface area contributed by atoms with E-state index >= 15 is 0 Å². The number of nitrogens with one attached hydrogen (secondary N) is 1. The van der Waals surface area contributed by atoms with E-state index in [2.05, 4.69) is 40.0 Å². The number of fused-ring (bicyclic) bond motifs is 2. The Morgan fingerprint density at radius 3 is 2.23 bits per heavy atom. The predicted molar refractivity (Wildman–Crippen MR) is 223 cm³/mol. The van der Waals surface area contributed by atoms with E-state index in [1.807, 2.05) is 36.4 Å². The van der Waals surface area contributed by atoms with E-state index < -0.39 is 6.04 Å². The van der Waals surface area contributed by atoms with Crippen molar-refractivity contribution < 1.29 is 19.2 Å². The Balaban J connectivity index is 0.791. The molecule has 4 aliphatic rings. The first-order valence-electron chi connectivity index (χ1n) is 21.6. The van der Waals surface area contributed by atoms with Crippen LogP contribution in [0.15, 0.2) is 48.8 Å². The van der Waals surface area contributed by atoms with Crippen LogP contribution < -0.4 is 10.2 Å². The molecule has 4 heterocycles. The molecule has 57 heavy (non-hydrogen) atoms. The number of amides is 4. The number of unbranched alkanes of at least 4 members (excludes halogenated alkanes) is 9. The van der Waals surface area contributed by atoms with Gasteiger partial charge in [-0.25, -0.2) is 9.97 Å². The number of piperazine rings is 1. The molecule has 4 amide bonds. The molecule has 1 N–H and O–H groups in total. The van der Waals surface area contributed by atoms with Crippen molar-refractivity contribution in [1.82, 2.24) is 25.1 Å². The summed E-state index contributed by atoms with van der Waals surface area (Å²) in [5, 5.41) is 3.08. The van der Waals surface area contributed by atoms with Gasteiger partial charge in [-0.05, 0) is 78.8 Å². The van der Waals surface area contributed by atoms with Crippen molar-refractivity contribution in [2.75, 3.05) is 31.1 Å². The molecule has 4 atom stereocenters. The minimum absolute atomic E-state index is 0.104. The largest absolute Gasteiger partial charge is 0.353 e. The standard InChI is InChI=1S/C46H59ClN6O4/c1-31-28-32(2)42-41(31)43(49-30-48-42)51-24-26-52(27-25-51)45(56)36(34-18-20-35(47)21-19-34)16-12-10-8-6-4-3-5-7-9-11-14-33-15-13-17-37-38(33)29-53(46(37)57)39-22-23-40(54)50-44(39)55/h13,15,17-21,30-32,36,39H,3-12,14,16,22-29H2,1-2H3,(H,50,54,55)/t31-,32-,36-,39?/m1/s1. The van der Waals surface area contributed by atoms with Gasteiger partial charge in [-0.1, -0.05) is 108 Å². The Kier molecular flexibility index (Phi) is 13.6. The highest BCUT2D eigenvalue weighted by Crippen LogP contribution is 2.44. The number of hydrogen-bond donors (Lipinski definition) is 1. The molecule has 2 aromatic carbocycles. The van der Waals surface area contributed by atoms with Crippen molar-refractivity contribution in [3.8, 4) is 0 Å². The second-order valence-corrected chi connectivity index (χ2v) is 17.3. The number of nitrogens with zero attached hydrogens (tertiary/aromatic N) is 5. The minimum Gasteiger partial charge on any atom is -0.353 e. The fraction of sp³-hybridized carbons (Fsp3) is 0.565. The minimum atomic E-state index is -0.575. The van der Waals surface area contributed by atoms with Crippen LogP contribution in [0.2, 0.25) is 5.02 Å². The molecular formula is C46H59ClN6O4. The molecule has 0 spiro atoms.